The SMILES string of the molecule is CCCCc1ccc([Si](C2=C(C)[C-]=C(C)C2)(c2ccc(CCCC)cc2)c2ccc(CCCC)cc2)cc1.[Cl-].[Cl-].[Cl-].[Ti+4]. The first-order chi connectivity index (χ1) is 18.5. The molecule has 0 atom stereocenters. The van der Waals surface area contributed by atoms with Gasteiger partial charge in [-0.05, 0) is 55.2 Å². The van der Waals surface area contributed by atoms with Crippen LogP contribution < -0.4 is 52.8 Å². The topological polar surface area (TPSA) is 0 Å². The molecule has 0 heterocycles. The van der Waals surface area contributed by atoms with Crippen LogP contribution in [0.15, 0.2) is 89.1 Å². The summed E-state index contributed by atoms with van der Waals surface area (Å²) < 4.78 is 0. The maximum Gasteiger partial charge on any atom is 4.00 e. The van der Waals surface area contributed by atoms with Crippen LogP contribution in [0.4, 0.5) is 0 Å². The van der Waals surface area contributed by atoms with Crippen LogP contribution in [0.25, 0.3) is 0 Å². The summed E-state index contributed by atoms with van der Waals surface area (Å²) in [5, 5.41) is 6.13. The average molecular weight is 674 g/mol. The molecule has 0 bridgehead atoms. The Morgan fingerprint density at radius 1 is 0.548 bits per heavy atom. The third-order valence-electron chi connectivity index (χ3n) is 8.37. The number of unbranched alkanes of at least 4 members (excludes halogenated alkanes) is 3. The van der Waals surface area contributed by atoms with E-state index in [1.807, 2.05) is 0 Å². The molecule has 0 radical (unpaired) electrons. The van der Waals surface area contributed by atoms with Gasteiger partial charge >= 0.3 is 21.7 Å². The number of hydrogen-bond acceptors (Lipinski definition) is 0. The summed E-state index contributed by atoms with van der Waals surface area (Å²) >= 11 is 0. The Morgan fingerprint density at radius 2 is 0.857 bits per heavy atom. The van der Waals surface area contributed by atoms with Crippen molar-refractivity contribution < 1.29 is 58.9 Å². The zero-order valence-electron chi connectivity index (χ0n) is 26.1. The van der Waals surface area contributed by atoms with Gasteiger partial charge in [-0.3, -0.25) is 0 Å². The molecule has 3 aromatic rings. The van der Waals surface area contributed by atoms with Gasteiger partial charge in [-0.15, -0.1) is 0 Å². The molecule has 0 saturated carbocycles. The van der Waals surface area contributed by atoms with E-state index in [4.69, 9.17) is 0 Å². The summed E-state index contributed by atoms with van der Waals surface area (Å²) in [6.45, 7) is 11.4. The van der Waals surface area contributed by atoms with E-state index in [0.29, 0.717) is 0 Å². The Hall–Kier alpha value is -1.06. The molecule has 3 aromatic carbocycles. The second-order valence-electron chi connectivity index (χ2n) is 11.3. The standard InChI is InChI=1S/C37H47Si.3ClH.Ti/c1-6-9-12-31-15-21-34(22-16-31)38(37-28-29(4)27-30(37)5,35-23-17-32(18-24-35)13-10-7-2)36-25-19-33(20-26-36)14-11-8-3;;;;/h15-26H,6-14,28H2,1-5H3;3*1H;/q-1;;;;+4/p-3. The number of aryl methyl sites for hydroxylation is 3. The molecule has 0 nitrogen and oxygen atoms in total. The Kier molecular flexibility index (Phi) is 19.6. The fourth-order valence-electron chi connectivity index (χ4n) is 6.18. The van der Waals surface area contributed by atoms with Gasteiger partial charge in [0.15, 0.2) is 0 Å². The van der Waals surface area contributed by atoms with Crippen molar-refractivity contribution in [2.45, 2.75) is 98.8 Å². The zero-order valence-corrected chi connectivity index (χ0v) is 31.0. The largest absolute Gasteiger partial charge is 4.00 e. The van der Waals surface area contributed by atoms with E-state index in [0.717, 1.165) is 6.42 Å². The third kappa shape index (κ3) is 9.47. The second-order valence-corrected chi connectivity index (χ2v) is 15.2. The Morgan fingerprint density at radius 3 is 1.10 bits per heavy atom. The van der Waals surface area contributed by atoms with Crippen LogP contribution in [0.3, 0.4) is 0 Å². The predicted molar refractivity (Wildman–Crippen MR) is 170 cm³/mol. The van der Waals surface area contributed by atoms with Crippen molar-refractivity contribution in [2.75, 3.05) is 0 Å². The number of halogens is 3. The van der Waals surface area contributed by atoms with E-state index in [1.54, 1.807) is 5.20 Å². The summed E-state index contributed by atoms with van der Waals surface area (Å²) in [6.07, 6.45) is 15.7. The summed E-state index contributed by atoms with van der Waals surface area (Å²) in [5.41, 5.74) is 7.10. The van der Waals surface area contributed by atoms with Crippen molar-refractivity contribution in [3.8, 4) is 0 Å². The van der Waals surface area contributed by atoms with Gasteiger partial charge in [0.25, 0.3) is 0 Å². The predicted octanol–water partition coefficient (Wildman–Crippen LogP) is -0.797. The first-order valence-electron chi connectivity index (χ1n) is 15.1. The molecule has 0 aliphatic heterocycles. The number of allylic oxidation sites excluding steroid dienone is 4. The van der Waals surface area contributed by atoms with Crippen LogP contribution in [-0.4, -0.2) is 8.07 Å². The molecule has 0 N–H and O–H groups in total. The molecule has 1 aliphatic carbocycles. The normalized spacial score (nSPS) is 12.5. The first-order valence-corrected chi connectivity index (χ1v) is 17.1. The minimum absolute atomic E-state index is 0. The zero-order chi connectivity index (χ0) is 27.0. The van der Waals surface area contributed by atoms with E-state index >= 15 is 0 Å². The molecule has 0 unspecified atom stereocenters. The smallest absolute Gasteiger partial charge is 1.00 e. The Labute approximate surface area is 291 Å². The van der Waals surface area contributed by atoms with Gasteiger partial charge in [-0.1, -0.05) is 149 Å². The minimum Gasteiger partial charge on any atom is -1.00 e. The fraction of sp³-hybridized carbons (Fsp3) is 0.405. The molecule has 4 rings (SSSR count). The van der Waals surface area contributed by atoms with Crippen molar-refractivity contribution in [1.82, 2.24) is 0 Å². The van der Waals surface area contributed by atoms with Gasteiger partial charge in [0.05, 0.1) is 8.07 Å². The van der Waals surface area contributed by atoms with E-state index in [2.05, 4.69) is 113 Å². The van der Waals surface area contributed by atoms with Crippen molar-refractivity contribution >= 4 is 23.6 Å². The quantitative estimate of drug-likeness (QED) is 0.127. The van der Waals surface area contributed by atoms with E-state index < -0.39 is 8.07 Å². The fourth-order valence-corrected chi connectivity index (χ4v) is 11.4. The summed E-state index contributed by atoms with van der Waals surface area (Å²) in [7, 11) is -2.46. The maximum atomic E-state index is 3.73. The summed E-state index contributed by atoms with van der Waals surface area (Å²) in [5.74, 6) is 0. The molecule has 0 fully saturated rings. The molecule has 1 aliphatic rings. The van der Waals surface area contributed by atoms with Crippen LogP contribution in [0.5, 0.6) is 0 Å². The first kappa shape index (κ1) is 40.9. The van der Waals surface area contributed by atoms with Gasteiger partial charge < -0.3 is 37.2 Å². The molecule has 42 heavy (non-hydrogen) atoms. The molecule has 5 heteroatoms. The number of rotatable bonds is 13. The van der Waals surface area contributed by atoms with Crippen molar-refractivity contribution in [2.24, 2.45) is 0 Å². The van der Waals surface area contributed by atoms with Crippen LogP contribution in [0.1, 0.15) is 96.3 Å². The number of benzene rings is 3. The van der Waals surface area contributed by atoms with Gasteiger partial charge in [0, 0.05) is 0 Å². The third-order valence-corrected chi connectivity index (χ3v) is 13.4. The molecule has 0 aromatic heterocycles. The van der Waals surface area contributed by atoms with E-state index in [-0.39, 0.29) is 58.9 Å². The van der Waals surface area contributed by atoms with Crippen LogP contribution >= 0.6 is 0 Å². The number of hydrogen-bond donors (Lipinski definition) is 0. The van der Waals surface area contributed by atoms with Crippen LogP contribution in [0.2, 0.25) is 0 Å². The van der Waals surface area contributed by atoms with Crippen LogP contribution in [-0.2, 0) is 41.0 Å². The Bertz CT molecular complexity index is 1120. The molecule has 0 amide bonds. The van der Waals surface area contributed by atoms with Crippen molar-refractivity contribution in [1.29, 1.82) is 0 Å². The van der Waals surface area contributed by atoms with E-state index in [1.165, 1.54) is 101 Å². The van der Waals surface area contributed by atoms with Gasteiger partial charge in [0.2, 0.25) is 0 Å². The summed E-state index contributed by atoms with van der Waals surface area (Å²) in [6, 6.07) is 29.3. The molecule has 0 spiro atoms. The van der Waals surface area contributed by atoms with Crippen molar-refractivity contribution in [3.63, 3.8) is 0 Å². The molecular formula is C37H47Cl3SiTi. The average Bonchev–Trinajstić information content (AvgIpc) is 3.29. The second kappa shape index (κ2) is 20.1. The van der Waals surface area contributed by atoms with Gasteiger partial charge in [0.1, 0.15) is 0 Å². The molecule has 224 valence electrons. The van der Waals surface area contributed by atoms with Crippen molar-refractivity contribution in [3.05, 3.63) is 112 Å². The Balaban J connectivity index is 0.00000420. The minimum atomic E-state index is -2.46. The van der Waals surface area contributed by atoms with Gasteiger partial charge in [-0.25, -0.2) is 16.8 Å². The molecular weight excluding hydrogens is 627 g/mol. The van der Waals surface area contributed by atoms with Crippen LogP contribution in [0, 0.1) is 6.08 Å². The van der Waals surface area contributed by atoms with Gasteiger partial charge in [-0.2, -0.15) is 5.57 Å². The maximum absolute atomic E-state index is 3.73. The summed E-state index contributed by atoms with van der Waals surface area (Å²) in [4.78, 5) is 0. The van der Waals surface area contributed by atoms with E-state index in [9.17, 15) is 0 Å². The molecule has 0 saturated heterocycles. The monoisotopic (exact) mass is 672 g/mol.